The average molecular weight is 255 g/mol. The molecule has 6 nitrogen and oxygen atoms in total. The molecule has 18 heavy (non-hydrogen) atoms. The molecule has 0 aromatic heterocycles. The molecule has 0 aromatic carbocycles. The summed E-state index contributed by atoms with van der Waals surface area (Å²) >= 11 is 0. The summed E-state index contributed by atoms with van der Waals surface area (Å²) in [4.78, 5) is 35.1. The highest BCUT2D eigenvalue weighted by Crippen LogP contribution is 2.33. The lowest BCUT2D eigenvalue weighted by Crippen LogP contribution is -2.43. The van der Waals surface area contributed by atoms with Crippen LogP contribution in [0.5, 0.6) is 0 Å². The van der Waals surface area contributed by atoms with Crippen molar-refractivity contribution in [3.63, 3.8) is 0 Å². The van der Waals surface area contributed by atoms with Crippen molar-refractivity contribution in [2.45, 2.75) is 19.3 Å². The molecule has 0 heterocycles. The van der Waals surface area contributed by atoms with Crippen molar-refractivity contribution in [2.75, 3.05) is 21.1 Å². The first kappa shape index (κ1) is 14.5. The summed E-state index contributed by atoms with van der Waals surface area (Å²) in [6, 6.07) is 0. The van der Waals surface area contributed by atoms with Gasteiger partial charge in [-0.15, -0.1) is 0 Å². The van der Waals surface area contributed by atoms with Gasteiger partial charge in [0.1, 0.15) is 0 Å². The van der Waals surface area contributed by atoms with Crippen molar-refractivity contribution in [2.24, 2.45) is 17.8 Å². The Balaban J connectivity index is 2.81. The summed E-state index contributed by atoms with van der Waals surface area (Å²) in [5.74, 6) is -1.11. The van der Waals surface area contributed by atoms with Gasteiger partial charge >= 0.3 is 0 Å². The second-order valence-electron chi connectivity index (χ2n) is 4.64. The fraction of sp³-hybridized carbons (Fsp3) is 0.750. The Morgan fingerprint density at radius 2 is 0.889 bits per heavy atom. The van der Waals surface area contributed by atoms with Gasteiger partial charge in [0, 0.05) is 38.9 Å². The molecule has 0 aromatic rings. The highest BCUT2D eigenvalue weighted by molar-refractivity contribution is 5.85. The van der Waals surface area contributed by atoms with Crippen molar-refractivity contribution in [3.05, 3.63) is 0 Å². The molecule has 0 radical (unpaired) electrons. The van der Waals surface area contributed by atoms with Crippen LogP contribution in [0.1, 0.15) is 19.3 Å². The largest absolute Gasteiger partial charge is 0.359 e. The second kappa shape index (κ2) is 6.37. The first-order valence-corrected chi connectivity index (χ1v) is 6.18. The van der Waals surface area contributed by atoms with E-state index in [-0.39, 0.29) is 35.5 Å². The summed E-state index contributed by atoms with van der Waals surface area (Å²) in [6.07, 6.45) is 1.52. The lowest BCUT2D eigenvalue weighted by Gasteiger charge is -2.32. The maximum Gasteiger partial charge on any atom is 0.222 e. The van der Waals surface area contributed by atoms with Crippen LogP contribution in [-0.2, 0) is 14.4 Å². The van der Waals surface area contributed by atoms with Crippen LogP contribution in [0.3, 0.4) is 0 Å². The molecule has 0 unspecified atom stereocenters. The zero-order valence-electron chi connectivity index (χ0n) is 11.1. The smallest absolute Gasteiger partial charge is 0.222 e. The van der Waals surface area contributed by atoms with E-state index in [1.54, 1.807) is 21.1 Å². The van der Waals surface area contributed by atoms with Gasteiger partial charge in [-0.2, -0.15) is 0 Å². The maximum atomic E-state index is 11.7. The van der Waals surface area contributed by atoms with Gasteiger partial charge in [-0.1, -0.05) is 0 Å². The zero-order chi connectivity index (χ0) is 13.7. The van der Waals surface area contributed by atoms with E-state index < -0.39 is 0 Å². The van der Waals surface area contributed by atoms with Gasteiger partial charge in [-0.3, -0.25) is 14.4 Å². The lowest BCUT2D eigenvalue weighted by atomic mass is 9.74. The molecule has 102 valence electrons. The number of hydrogen-bond donors (Lipinski definition) is 3. The first-order valence-electron chi connectivity index (χ1n) is 6.18. The molecular weight excluding hydrogens is 234 g/mol. The standard InChI is InChI=1S/C12H21N3O3/c1-13-10(16)7-4-8(11(17)14-2)6-9(5-7)12(18)15-3/h7-9H,4-6H2,1-3H3,(H,13,16)(H,14,17)(H,15,18). The van der Waals surface area contributed by atoms with Gasteiger partial charge in [0.25, 0.3) is 0 Å². The number of carbonyl (C=O) groups excluding carboxylic acids is 3. The molecule has 3 N–H and O–H groups in total. The van der Waals surface area contributed by atoms with Crippen molar-refractivity contribution < 1.29 is 14.4 Å². The molecule has 3 amide bonds. The van der Waals surface area contributed by atoms with Crippen LogP contribution in [0.15, 0.2) is 0 Å². The monoisotopic (exact) mass is 255 g/mol. The summed E-state index contributed by atoms with van der Waals surface area (Å²) in [6.45, 7) is 0. The normalized spacial score (nSPS) is 27.2. The Labute approximate surface area is 107 Å². The molecule has 0 atom stereocenters. The van der Waals surface area contributed by atoms with E-state index in [0.717, 1.165) is 0 Å². The topological polar surface area (TPSA) is 87.3 Å². The Morgan fingerprint density at radius 3 is 1.06 bits per heavy atom. The van der Waals surface area contributed by atoms with Gasteiger partial charge in [-0.05, 0) is 19.3 Å². The van der Waals surface area contributed by atoms with Gasteiger partial charge < -0.3 is 16.0 Å². The molecular formula is C12H21N3O3. The Bertz CT molecular complexity index is 285. The van der Waals surface area contributed by atoms with Crippen LogP contribution in [0, 0.1) is 17.8 Å². The van der Waals surface area contributed by atoms with E-state index in [4.69, 9.17) is 0 Å². The number of carbonyl (C=O) groups is 3. The van der Waals surface area contributed by atoms with Crippen molar-refractivity contribution >= 4 is 17.7 Å². The van der Waals surface area contributed by atoms with Gasteiger partial charge in [0.05, 0.1) is 0 Å². The predicted octanol–water partition coefficient (Wildman–Crippen LogP) is -0.743. The van der Waals surface area contributed by atoms with Crippen LogP contribution in [0.25, 0.3) is 0 Å². The highest BCUT2D eigenvalue weighted by Gasteiger charge is 2.38. The molecule has 1 aliphatic carbocycles. The summed E-state index contributed by atoms with van der Waals surface area (Å²) < 4.78 is 0. The number of rotatable bonds is 3. The third-order valence-electron chi connectivity index (χ3n) is 3.56. The zero-order valence-corrected chi connectivity index (χ0v) is 11.1. The fourth-order valence-corrected chi connectivity index (χ4v) is 2.57. The van der Waals surface area contributed by atoms with Gasteiger partial charge in [0.15, 0.2) is 0 Å². The van der Waals surface area contributed by atoms with E-state index in [1.807, 2.05) is 0 Å². The van der Waals surface area contributed by atoms with E-state index >= 15 is 0 Å². The van der Waals surface area contributed by atoms with E-state index in [0.29, 0.717) is 19.3 Å². The minimum atomic E-state index is -0.270. The van der Waals surface area contributed by atoms with E-state index in [1.165, 1.54) is 0 Å². The van der Waals surface area contributed by atoms with Crippen molar-refractivity contribution in [1.29, 1.82) is 0 Å². The second-order valence-corrected chi connectivity index (χ2v) is 4.64. The van der Waals surface area contributed by atoms with Gasteiger partial charge in [0.2, 0.25) is 17.7 Å². The molecule has 0 bridgehead atoms. The SMILES string of the molecule is CNC(=O)C1CC(C(=O)NC)CC(C(=O)NC)C1. The predicted molar refractivity (Wildman–Crippen MR) is 66.5 cm³/mol. The van der Waals surface area contributed by atoms with Crippen LogP contribution in [0.2, 0.25) is 0 Å². The van der Waals surface area contributed by atoms with E-state index in [2.05, 4.69) is 16.0 Å². The van der Waals surface area contributed by atoms with Crippen LogP contribution in [0.4, 0.5) is 0 Å². The minimum Gasteiger partial charge on any atom is -0.359 e. The number of nitrogens with one attached hydrogen (secondary N) is 3. The Hall–Kier alpha value is -1.59. The Morgan fingerprint density at radius 1 is 0.667 bits per heavy atom. The van der Waals surface area contributed by atoms with Crippen LogP contribution in [-0.4, -0.2) is 38.9 Å². The van der Waals surface area contributed by atoms with Crippen LogP contribution < -0.4 is 16.0 Å². The van der Waals surface area contributed by atoms with Crippen molar-refractivity contribution in [1.82, 2.24) is 16.0 Å². The summed E-state index contributed by atoms with van der Waals surface area (Å²) in [5.41, 5.74) is 0. The number of hydrogen-bond acceptors (Lipinski definition) is 3. The molecule has 0 spiro atoms. The third-order valence-corrected chi connectivity index (χ3v) is 3.56. The molecule has 1 rings (SSSR count). The molecule has 0 aliphatic heterocycles. The summed E-state index contributed by atoms with van der Waals surface area (Å²) in [5, 5.41) is 7.76. The molecule has 0 saturated heterocycles. The quantitative estimate of drug-likeness (QED) is 0.620. The highest BCUT2D eigenvalue weighted by atomic mass is 16.2. The van der Waals surface area contributed by atoms with Crippen LogP contribution >= 0.6 is 0 Å². The molecule has 1 saturated carbocycles. The summed E-state index contributed by atoms with van der Waals surface area (Å²) in [7, 11) is 4.71. The first-order chi connectivity index (χ1) is 8.53. The Kier molecular flexibility index (Phi) is 5.12. The average Bonchev–Trinajstić information content (AvgIpc) is 2.43. The fourth-order valence-electron chi connectivity index (χ4n) is 2.57. The van der Waals surface area contributed by atoms with E-state index in [9.17, 15) is 14.4 Å². The van der Waals surface area contributed by atoms with Gasteiger partial charge in [-0.25, -0.2) is 0 Å². The molecule has 1 aliphatic rings. The molecule has 1 fully saturated rings. The van der Waals surface area contributed by atoms with Crippen molar-refractivity contribution in [3.8, 4) is 0 Å². The maximum absolute atomic E-state index is 11.7. The molecule has 6 heteroatoms. The third kappa shape index (κ3) is 3.21. The number of amides is 3. The lowest BCUT2D eigenvalue weighted by molar-refractivity contribution is -0.134. The minimum absolute atomic E-state index is 0.0995.